The van der Waals surface area contributed by atoms with E-state index in [0.29, 0.717) is 19.4 Å². The Morgan fingerprint density at radius 1 is 1.42 bits per heavy atom. The molecule has 19 heavy (non-hydrogen) atoms. The van der Waals surface area contributed by atoms with E-state index in [9.17, 15) is 9.59 Å². The third-order valence-electron chi connectivity index (χ3n) is 2.38. The summed E-state index contributed by atoms with van der Waals surface area (Å²) < 4.78 is 0. The molecule has 1 atom stereocenters. The van der Waals surface area contributed by atoms with Crippen LogP contribution in [0.3, 0.4) is 0 Å². The number of likely N-dealkylation sites (N-methyl/N-ethyl adjacent to an activating group) is 1. The van der Waals surface area contributed by atoms with Crippen molar-refractivity contribution < 1.29 is 14.7 Å². The number of hydrogen-bond acceptors (Lipinski definition) is 4. The fraction of sp³-hybridized carbons (Fsp3) is 0.700. The maximum absolute atomic E-state index is 11.5. The summed E-state index contributed by atoms with van der Waals surface area (Å²) in [6.45, 7) is 0.857. The van der Waals surface area contributed by atoms with Crippen molar-refractivity contribution in [2.24, 2.45) is 22.2 Å². The van der Waals surface area contributed by atoms with Crippen molar-refractivity contribution in [3.05, 3.63) is 0 Å². The number of guanidine groups is 1. The van der Waals surface area contributed by atoms with Gasteiger partial charge in [0.1, 0.15) is 0 Å². The number of nitrogens with two attached hydrogens (primary N) is 3. The van der Waals surface area contributed by atoms with Crippen LogP contribution in [-0.4, -0.2) is 60.7 Å². The van der Waals surface area contributed by atoms with Crippen molar-refractivity contribution in [3.8, 4) is 0 Å². The smallest absolute Gasteiger partial charge is 0.407 e. The van der Waals surface area contributed by atoms with Gasteiger partial charge in [0.15, 0.2) is 5.96 Å². The molecule has 0 aromatic heterocycles. The van der Waals surface area contributed by atoms with Crippen LogP contribution < -0.4 is 22.5 Å². The largest absolute Gasteiger partial charge is 0.465 e. The van der Waals surface area contributed by atoms with Crippen molar-refractivity contribution >= 4 is 18.0 Å². The van der Waals surface area contributed by atoms with E-state index in [2.05, 4.69) is 10.3 Å². The summed E-state index contributed by atoms with van der Waals surface area (Å²) in [5.74, 6) is -0.307. The zero-order valence-corrected chi connectivity index (χ0v) is 11.0. The van der Waals surface area contributed by atoms with Gasteiger partial charge >= 0.3 is 6.09 Å². The van der Waals surface area contributed by atoms with Gasteiger partial charge < -0.3 is 32.5 Å². The minimum atomic E-state index is -1.05. The van der Waals surface area contributed by atoms with E-state index in [1.54, 1.807) is 0 Å². The molecule has 0 unspecified atom stereocenters. The first-order valence-electron chi connectivity index (χ1n) is 5.87. The average Bonchev–Trinajstić information content (AvgIpc) is 2.33. The van der Waals surface area contributed by atoms with Crippen molar-refractivity contribution in [3.63, 3.8) is 0 Å². The molecule has 0 aliphatic heterocycles. The van der Waals surface area contributed by atoms with Gasteiger partial charge in [-0.15, -0.1) is 0 Å². The molecule has 0 rings (SSSR count). The Morgan fingerprint density at radius 3 is 2.58 bits per heavy atom. The molecule has 0 heterocycles. The predicted octanol–water partition coefficient (Wildman–Crippen LogP) is -1.91. The number of carbonyl (C=O) groups excluding carboxylic acids is 1. The van der Waals surface area contributed by atoms with Gasteiger partial charge in [0, 0.05) is 26.7 Å². The molecule has 0 saturated heterocycles. The molecule has 0 spiro atoms. The molecule has 0 aliphatic carbocycles. The fourth-order valence-corrected chi connectivity index (χ4v) is 1.22. The lowest BCUT2D eigenvalue weighted by molar-refractivity contribution is -0.122. The number of amides is 2. The van der Waals surface area contributed by atoms with E-state index in [1.165, 1.54) is 7.05 Å². The highest BCUT2D eigenvalue weighted by atomic mass is 16.4. The second kappa shape index (κ2) is 8.97. The van der Waals surface area contributed by atoms with E-state index >= 15 is 0 Å². The van der Waals surface area contributed by atoms with Crippen LogP contribution in [0.2, 0.25) is 0 Å². The maximum Gasteiger partial charge on any atom is 0.407 e. The first-order chi connectivity index (χ1) is 8.84. The van der Waals surface area contributed by atoms with Crippen LogP contribution in [0.25, 0.3) is 0 Å². The van der Waals surface area contributed by atoms with Gasteiger partial charge in [0.2, 0.25) is 5.91 Å². The van der Waals surface area contributed by atoms with Crippen LogP contribution in [0.5, 0.6) is 0 Å². The maximum atomic E-state index is 11.5. The summed E-state index contributed by atoms with van der Waals surface area (Å²) in [5, 5.41) is 11.2. The first kappa shape index (κ1) is 17.0. The normalized spacial score (nSPS) is 11.5. The number of carboxylic acid groups (broad SMARTS) is 1. The molecule has 0 aromatic rings. The Labute approximate surface area is 111 Å². The SMILES string of the molecule is CN(CCNC(=O)[C@@H](N)CCCN=C(N)N)C(=O)O. The van der Waals surface area contributed by atoms with Gasteiger partial charge in [-0.05, 0) is 12.8 Å². The van der Waals surface area contributed by atoms with Gasteiger partial charge in [-0.25, -0.2) is 4.79 Å². The number of aliphatic imine (C=N–C) groups is 1. The third-order valence-corrected chi connectivity index (χ3v) is 2.38. The first-order valence-corrected chi connectivity index (χ1v) is 5.87. The number of rotatable bonds is 8. The Hall–Kier alpha value is -2.03. The molecule has 0 saturated carbocycles. The Balaban J connectivity index is 3.76. The number of nitrogens with zero attached hydrogens (tertiary/aromatic N) is 2. The molecular weight excluding hydrogens is 252 g/mol. The Bertz CT molecular complexity index is 329. The summed E-state index contributed by atoms with van der Waals surface area (Å²) in [4.78, 5) is 26.9. The lowest BCUT2D eigenvalue weighted by Gasteiger charge is -2.15. The molecule has 0 bridgehead atoms. The monoisotopic (exact) mass is 274 g/mol. The summed E-state index contributed by atoms with van der Waals surface area (Å²) in [6, 6.07) is -0.649. The molecule has 9 heteroatoms. The molecule has 0 aromatic carbocycles. The van der Waals surface area contributed by atoms with E-state index in [1.807, 2.05) is 0 Å². The molecule has 0 fully saturated rings. The molecule has 9 nitrogen and oxygen atoms in total. The summed E-state index contributed by atoms with van der Waals surface area (Å²) in [6.07, 6.45) is 0.00889. The zero-order chi connectivity index (χ0) is 14.8. The fourth-order valence-electron chi connectivity index (χ4n) is 1.22. The van der Waals surface area contributed by atoms with Gasteiger partial charge in [-0.2, -0.15) is 0 Å². The van der Waals surface area contributed by atoms with E-state index in [-0.39, 0.29) is 25.0 Å². The van der Waals surface area contributed by atoms with E-state index < -0.39 is 12.1 Å². The van der Waals surface area contributed by atoms with E-state index in [0.717, 1.165) is 4.90 Å². The zero-order valence-electron chi connectivity index (χ0n) is 11.0. The minimum Gasteiger partial charge on any atom is -0.465 e. The van der Waals surface area contributed by atoms with Crippen LogP contribution in [0.4, 0.5) is 4.79 Å². The third kappa shape index (κ3) is 8.66. The summed E-state index contributed by atoms with van der Waals surface area (Å²) in [7, 11) is 1.42. The predicted molar refractivity (Wildman–Crippen MR) is 71.6 cm³/mol. The second-order valence-electron chi connectivity index (χ2n) is 4.05. The van der Waals surface area contributed by atoms with Gasteiger partial charge in [0.05, 0.1) is 6.04 Å². The van der Waals surface area contributed by atoms with E-state index in [4.69, 9.17) is 22.3 Å². The van der Waals surface area contributed by atoms with Gasteiger partial charge in [-0.3, -0.25) is 9.79 Å². The average molecular weight is 274 g/mol. The number of nitrogens with one attached hydrogen (secondary N) is 1. The molecule has 8 N–H and O–H groups in total. The molecule has 0 aliphatic rings. The quantitative estimate of drug-likeness (QED) is 0.197. The number of hydrogen-bond donors (Lipinski definition) is 5. The Kier molecular flexibility index (Phi) is 8.02. The van der Waals surface area contributed by atoms with Crippen LogP contribution in [-0.2, 0) is 4.79 Å². The topological polar surface area (TPSA) is 160 Å². The van der Waals surface area contributed by atoms with Gasteiger partial charge in [0.25, 0.3) is 0 Å². The molecule has 0 radical (unpaired) electrons. The van der Waals surface area contributed by atoms with Crippen LogP contribution in [0.15, 0.2) is 4.99 Å². The number of carbonyl (C=O) groups is 2. The second-order valence-corrected chi connectivity index (χ2v) is 4.05. The molecule has 2 amide bonds. The molecular formula is C10H22N6O3. The van der Waals surface area contributed by atoms with Crippen molar-refractivity contribution in [1.29, 1.82) is 0 Å². The van der Waals surface area contributed by atoms with Crippen molar-refractivity contribution in [2.45, 2.75) is 18.9 Å². The minimum absolute atomic E-state index is 0.00901. The summed E-state index contributed by atoms with van der Waals surface area (Å²) in [5.41, 5.74) is 16.0. The highest BCUT2D eigenvalue weighted by molar-refractivity contribution is 5.81. The molecule has 110 valence electrons. The lowest BCUT2D eigenvalue weighted by atomic mass is 10.1. The standard InChI is InChI=1S/C10H22N6O3/c1-16(10(18)19)6-5-14-8(17)7(11)3-2-4-15-9(12)13/h7H,2-6,11H2,1H3,(H,14,17)(H,18,19)(H4,12,13,15)/t7-/m0/s1. The van der Waals surface area contributed by atoms with Gasteiger partial charge in [-0.1, -0.05) is 0 Å². The Morgan fingerprint density at radius 2 is 2.05 bits per heavy atom. The van der Waals surface area contributed by atoms with Crippen LogP contribution in [0, 0.1) is 0 Å². The summed E-state index contributed by atoms with van der Waals surface area (Å²) >= 11 is 0. The lowest BCUT2D eigenvalue weighted by Crippen LogP contribution is -2.43. The van der Waals surface area contributed by atoms with Crippen LogP contribution >= 0.6 is 0 Å². The van der Waals surface area contributed by atoms with Crippen LogP contribution in [0.1, 0.15) is 12.8 Å². The van der Waals surface area contributed by atoms with Crippen molar-refractivity contribution in [2.75, 3.05) is 26.7 Å². The van der Waals surface area contributed by atoms with Crippen molar-refractivity contribution in [1.82, 2.24) is 10.2 Å². The highest BCUT2D eigenvalue weighted by Gasteiger charge is 2.13. The highest BCUT2D eigenvalue weighted by Crippen LogP contribution is 1.95.